The van der Waals surface area contributed by atoms with E-state index >= 15 is 0 Å². The number of hydrogen-bond acceptors (Lipinski definition) is 13. The van der Waals surface area contributed by atoms with Gasteiger partial charge in [-0.2, -0.15) is 0 Å². The molecule has 0 saturated heterocycles. The third-order valence-corrected chi connectivity index (χ3v) is 8.27. The molecule has 8 atom stereocenters. The fourth-order valence-corrected chi connectivity index (χ4v) is 4.85. The number of aromatic nitrogens is 2. The van der Waals surface area contributed by atoms with Gasteiger partial charge in [-0.25, -0.2) is 9.78 Å². The second kappa shape index (κ2) is 25.3. The summed E-state index contributed by atoms with van der Waals surface area (Å²) < 4.78 is 0. The molecule has 0 bridgehead atoms. The van der Waals surface area contributed by atoms with E-state index in [9.17, 15) is 48.6 Å². The normalized spacial score (nSPS) is 15.1. The lowest BCUT2D eigenvalue weighted by atomic mass is 10.1. The van der Waals surface area contributed by atoms with Crippen LogP contribution in [0.2, 0.25) is 0 Å². The van der Waals surface area contributed by atoms with Crippen LogP contribution in [-0.4, -0.2) is 141 Å². The minimum Gasteiger partial charge on any atom is -0.480 e. The molecule has 0 saturated carbocycles. The maximum Gasteiger partial charge on any atom is 0.326 e. The largest absolute Gasteiger partial charge is 0.480 e. The van der Waals surface area contributed by atoms with Crippen LogP contribution in [0.3, 0.4) is 0 Å². The molecule has 24 nitrogen and oxygen atoms in total. The number of nitrogens with two attached hydrogens (primary N) is 4. The molecular weight excluding hydrogens is 752 g/mol. The number of aliphatic hydroxyl groups is 1. The van der Waals surface area contributed by atoms with E-state index in [0.717, 1.165) is 0 Å². The number of unbranched alkanes of at least 4 members (excludes halogenated alkanes) is 1. The highest BCUT2D eigenvalue weighted by Gasteiger charge is 2.30. The number of H-pyrrole nitrogens is 1. The predicted molar refractivity (Wildman–Crippen MR) is 204 cm³/mol. The second-order valence-electron chi connectivity index (χ2n) is 13.3. The Morgan fingerprint density at radius 3 is 1.77 bits per heavy atom. The van der Waals surface area contributed by atoms with Crippen LogP contribution in [0.4, 0.5) is 0 Å². The first-order valence-electron chi connectivity index (χ1n) is 18.2. The molecule has 0 spiro atoms. The van der Waals surface area contributed by atoms with E-state index in [1.165, 1.54) is 40.2 Å². The van der Waals surface area contributed by atoms with Crippen molar-refractivity contribution < 1.29 is 48.6 Å². The maximum atomic E-state index is 13.2. The fraction of sp³-hybridized carbons (Fsp3) is 0.636. The maximum absolute atomic E-state index is 13.2. The molecule has 0 aliphatic rings. The van der Waals surface area contributed by atoms with Gasteiger partial charge in [-0.05, 0) is 66.3 Å². The average molecular weight is 811 g/mol. The number of aliphatic carboxylic acids is 1. The van der Waals surface area contributed by atoms with Gasteiger partial charge in [-0.3, -0.25) is 38.6 Å². The summed E-state index contributed by atoms with van der Waals surface area (Å²) in [6, 6.07) is -8.70. The van der Waals surface area contributed by atoms with Gasteiger partial charge in [-0.15, -0.1) is 0 Å². The minimum atomic E-state index is -1.28. The van der Waals surface area contributed by atoms with Gasteiger partial charge in [-0.1, -0.05) is 0 Å². The topological polar surface area (TPSA) is 406 Å². The molecular formula is C33H58N14O10. The van der Waals surface area contributed by atoms with Crippen LogP contribution in [0.25, 0.3) is 0 Å². The van der Waals surface area contributed by atoms with Gasteiger partial charge in [0, 0.05) is 24.9 Å². The molecule has 1 aromatic heterocycles. The number of carbonyl (C=O) groups is 8. The van der Waals surface area contributed by atoms with Gasteiger partial charge in [0.25, 0.3) is 0 Å². The Kier molecular flexibility index (Phi) is 21.8. The van der Waals surface area contributed by atoms with Crippen molar-refractivity contribution in [1.29, 1.82) is 0 Å². The van der Waals surface area contributed by atoms with Crippen molar-refractivity contribution in [2.45, 2.75) is 115 Å². The number of aliphatic hydroxyl groups excluding tert-OH is 1. The van der Waals surface area contributed by atoms with Gasteiger partial charge in [0.05, 0.1) is 19.0 Å². The Hall–Kier alpha value is -5.88. The zero-order valence-corrected chi connectivity index (χ0v) is 32.5. The van der Waals surface area contributed by atoms with Crippen LogP contribution in [0.5, 0.6) is 0 Å². The first-order chi connectivity index (χ1) is 26.8. The number of nitrogens with one attached hydrogen (secondary N) is 8. The van der Waals surface area contributed by atoms with Crippen LogP contribution in [0.1, 0.15) is 65.5 Å². The molecule has 1 rings (SSSR count). The molecule has 0 unspecified atom stereocenters. The summed E-state index contributed by atoms with van der Waals surface area (Å²) >= 11 is 0. The number of aliphatic imine (C=N–C) groups is 1. The second-order valence-corrected chi connectivity index (χ2v) is 13.3. The van der Waals surface area contributed by atoms with Crippen molar-refractivity contribution in [3.05, 3.63) is 18.2 Å². The highest BCUT2D eigenvalue weighted by molar-refractivity contribution is 5.97. The molecule has 1 heterocycles. The molecule has 0 aromatic carbocycles. The average Bonchev–Trinajstić information content (AvgIpc) is 3.66. The smallest absolute Gasteiger partial charge is 0.326 e. The SMILES string of the molecule is C[C@H](NC(=O)[C@H](C)NC(=O)[C@H](Cc1cnc[nH]1)NC(=O)CNC(=O)[C@@H](N)[C@@H](C)O)C(=O)N[C@@H](C)C(=O)N[C@@H](CCCN=C(N)N)C(=O)N[C@@H](CCCCN)C(=O)O. The third-order valence-electron chi connectivity index (χ3n) is 8.27. The van der Waals surface area contributed by atoms with Crippen molar-refractivity contribution in [1.82, 2.24) is 47.2 Å². The van der Waals surface area contributed by atoms with E-state index < -0.39 is 102 Å². The Bertz CT molecular complexity index is 1540. The number of carboxylic acid groups (broad SMARTS) is 1. The summed E-state index contributed by atoms with van der Waals surface area (Å²) in [7, 11) is 0. The molecule has 320 valence electrons. The lowest BCUT2D eigenvalue weighted by Crippen LogP contribution is -2.58. The number of carboxylic acids is 1. The predicted octanol–water partition coefficient (Wildman–Crippen LogP) is -5.99. The number of nitrogens with zero attached hydrogens (tertiary/aromatic N) is 2. The summed E-state index contributed by atoms with van der Waals surface area (Å²) in [5.41, 5.74) is 22.2. The van der Waals surface area contributed by atoms with Crippen molar-refractivity contribution in [2.24, 2.45) is 27.9 Å². The van der Waals surface area contributed by atoms with Crippen LogP contribution in [-0.2, 0) is 44.8 Å². The molecule has 1 aromatic rings. The van der Waals surface area contributed by atoms with Crippen molar-refractivity contribution >= 4 is 53.3 Å². The van der Waals surface area contributed by atoms with Gasteiger partial charge in [0.15, 0.2) is 5.96 Å². The molecule has 24 heteroatoms. The van der Waals surface area contributed by atoms with Gasteiger partial charge >= 0.3 is 5.97 Å². The number of guanidine groups is 1. The summed E-state index contributed by atoms with van der Waals surface area (Å²) in [4.78, 5) is 112. The molecule has 18 N–H and O–H groups in total. The molecule has 57 heavy (non-hydrogen) atoms. The van der Waals surface area contributed by atoms with E-state index in [0.29, 0.717) is 25.1 Å². The lowest BCUT2D eigenvalue weighted by molar-refractivity contribution is -0.142. The number of amides is 7. The number of hydrogen-bond donors (Lipinski definition) is 14. The summed E-state index contributed by atoms with van der Waals surface area (Å²) in [6.45, 7) is 5.16. The van der Waals surface area contributed by atoms with Crippen LogP contribution in [0.15, 0.2) is 17.5 Å². The monoisotopic (exact) mass is 810 g/mol. The summed E-state index contributed by atoms with van der Waals surface area (Å²) in [5.74, 6) is -6.99. The molecule has 0 aliphatic heterocycles. The van der Waals surface area contributed by atoms with Crippen molar-refractivity contribution in [3.63, 3.8) is 0 Å². The number of imidazole rings is 1. The van der Waals surface area contributed by atoms with Crippen LogP contribution in [0, 0.1) is 0 Å². The fourth-order valence-electron chi connectivity index (χ4n) is 4.85. The first-order valence-corrected chi connectivity index (χ1v) is 18.2. The Morgan fingerprint density at radius 1 is 0.737 bits per heavy atom. The van der Waals surface area contributed by atoms with Crippen LogP contribution >= 0.6 is 0 Å². The Balaban J connectivity index is 2.87. The molecule has 7 amide bonds. The van der Waals surface area contributed by atoms with E-state index in [4.69, 9.17) is 22.9 Å². The Morgan fingerprint density at radius 2 is 1.26 bits per heavy atom. The van der Waals surface area contributed by atoms with E-state index in [-0.39, 0.29) is 38.2 Å². The van der Waals surface area contributed by atoms with Crippen LogP contribution < -0.4 is 60.2 Å². The summed E-state index contributed by atoms with van der Waals surface area (Å²) in [6.07, 6.45) is 2.85. The minimum absolute atomic E-state index is 0.0158. The summed E-state index contributed by atoms with van der Waals surface area (Å²) in [5, 5.41) is 36.0. The highest BCUT2D eigenvalue weighted by Crippen LogP contribution is 2.06. The zero-order valence-electron chi connectivity index (χ0n) is 32.5. The van der Waals surface area contributed by atoms with Crippen molar-refractivity contribution in [2.75, 3.05) is 19.6 Å². The number of carbonyl (C=O) groups excluding carboxylic acids is 7. The number of rotatable bonds is 26. The quantitative estimate of drug-likeness (QED) is 0.0235. The Labute approximate surface area is 329 Å². The molecule has 0 aliphatic carbocycles. The van der Waals surface area contributed by atoms with Gasteiger partial charge < -0.3 is 75.3 Å². The highest BCUT2D eigenvalue weighted by atomic mass is 16.4. The van der Waals surface area contributed by atoms with E-state index in [2.05, 4.69) is 52.2 Å². The van der Waals surface area contributed by atoms with Crippen molar-refractivity contribution in [3.8, 4) is 0 Å². The number of aromatic amines is 1. The lowest BCUT2D eigenvalue weighted by Gasteiger charge is -2.24. The standard InChI is InChI=1S/C33H58N14O10/c1-16(26(50)43-18(3)28(52)46-21(9-7-11-39-33(36)37)29(53)47-22(32(56)57)8-5-6-10-34)42-27(51)17(2)44-30(54)23(12-20-13-38-15-41-20)45-24(49)14-40-31(55)25(35)19(4)48/h13,15-19,21-23,25,48H,5-12,14,34-35H2,1-4H3,(H,38,41)(H,40,55)(H,42,51)(H,43,50)(H,44,54)(H,45,49)(H,46,52)(H,47,53)(H,56,57)(H4,36,37,39)/t16-,17-,18-,19+,21-,22-,23-,25-/m0/s1. The third kappa shape index (κ3) is 19.0. The van der Waals surface area contributed by atoms with Gasteiger partial charge in [0.2, 0.25) is 41.4 Å². The zero-order chi connectivity index (χ0) is 43.2. The molecule has 0 fully saturated rings. The van der Waals surface area contributed by atoms with Gasteiger partial charge in [0.1, 0.15) is 42.3 Å². The van der Waals surface area contributed by atoms with E-state index in [1.54, 1.807) is 0 Å². The first kappa shape index (κ1) is 49.1. The van der Waals surface area contributed by atoms with E-state index in [1.807, 2.05) is 0 Å². The molecule has 0 radical (unpaired) electrons.